The molecule has 7 heteroatoms. The molecule has 2 N–H and O–H groups in total. The van der Waals surface area contributed by atoms with Crippen molar-refractivity contribution in [3.05, 3.63) is 56.3 Å². The molecule has 26 heavy (non-hydrogen) atoms. The Morgan fingerprint density at radius 1 is 1.31 bits per heavy atom. The number of rotatable bonds is 6. The van der Waals surface area contributed by atoms with Crippen LogP contribution in [-0.4, -0.2) is 16.9 Å². The summed E-state index contributed by atoms with van der Waals surface area (Å²) in [6.07, 6.45) is 2.04. The number of carbonyl (C=O) groups excluding carboxylic acids is 1. The van der Waals surface area contributed by atoms with Gasteiger partial charge in [-0.05, 0) is 41.8 Å². The average Bonchev–Trinajstić information content (AvgIpc) is 3.22. The van der Waals surface area contributed by atoms with Gasteiger partial charge in [0.25, 0.3) is 11.6 Å². The Morgan fingerprint density at radius 2 is 2.04 bits per heavy atom. The molecule has 1 atom stereocenters. The molecular formula is C19H23N3O3S. The lowest BCUT2D eigenvalue weighted by atomic mass is 9.85. The first-order valence-electron chi connectivity index (χ1n) is 8.65. The lowest BCUT2D eigenvalue weighted by Crippen LogP contribution is -2.36. The van der Waals surface area contributed by atoms with Crippen molar-refractivity contribution < 1.29 is 9.72 Å². The number of nitrogens with one attached hydrogen (secondary N) is 2. The number of carbonyl (C=O) groups is 1. The minimum atomic E-state index is -0.442. The van der Waals surface area contributed by atoms with Crippen LogP contribution in [0.2, 0.25) is 0 Å². The molecule has 0 radical (unpaired) electrons. The highest BCUT2D eigenvalue weighted by molar-refractivity contribution is 7.10. The van der Waals surface area contributed by atoms with Gasteiger partial charge in [0, 0.05) is 22.5 Å². The Morgan fingerprint density at radius 3 is 2.58 bits per heavy atom. The minimum Gasteiger partial charge on any atom is -0.377 e. The van der Waals surface area contributed by atoms with E-state index in [0.717, 1.165) is 17.7 Å². The van der Waals surface area contributed by atoms with Gasteiger partial charge in [0.15, 0.2) is 0 Å². The van der Waals surface area contributed by atoms with E-state index in [9.17, 15) is 14.9 Å². The lowest BCUT2D eigenvalue weighted by molar-refractivity contribution is -0.384. The van der Waals surface area contributed by atoms with Gasteiger partial charge in [0.05, 0.1) is 11.0 Å². The Kier molecular flexibility index (Phi) is 5.00. The maximum atomic E-state index is 12.8. The van der Waals surface area contributed by atoms with Crippen LogP contribution in [0, 0.1) is 15.5 Å². The van der Waals surface area contributed by atoms with E-state index in [4.69, 9.17) is 0 Å². The lowest BCUT2D eigenvalue weighted by Gasteiger charge is -2.30. The summed E-state index contributed by atoms with van der Waals surface area (Å²) < 4.78 is 0. The zero-order valence-corrected chi connectivity index (χ0v) is 15.9. The number of hydrogen-bond donors (Lipinski definition) is 2. The van der Waals surface area contributed by atoms with Crippen LogP contribution in [0.25, 0.3) is 0 Å². The zero-order valence-electron chi connectivity index (χ0n) is 15.1. The summed E-state index contributed by atoms with van der Waals surface area (Å²) in [5.74, 6) is -0.306. The third kappa shape index (κ3) is 4.22. The molecule has 0 bridgehead atoms. The molecule has 6 nitrogen and oxygen atoms in total. The van der Waals surface area contributed by atoms with E-state index in [1.807, 2.05) is 17.5 Å². The molecule has 0 saturated heterocycles. The highest BCUT2D eigenvalue weighted by Gasteiger charge is 2.30. The molecule has 1 aromatic heterocycles. The van der Waals surface area contributed by atoms with Crippen molar-refractivity contribution in [3.8, 4) is 0 Å². The molecule has 1 aliphatic carbocycles. The molecule has 1 saturated carbocycles. The topological polar surface area (TPSA) is 84.3 Å². The average molecular weight is 373 g/mol. The molecule has 1 heterocycles. The van der Waals surface area contributed by atoms with Crippen molar-refractivity contribution in [3.63, 3.8) is 0 Å². The van der Waals surface area contributed by atoms with Crippen LogP contribution in [0.15, 0.2) is 35.7 Å². The van der Waals surface area contributed by atoms with E-state index in [1.54, 1.807) is 23.5 Å². The van der Waals surface area contributed by atoms with E-state index < -0.39 is 4.92 Å². The summed E-state index contributed by atoms with van der Waals surface area (Å²) >= 11 is 1.59. The van der Waals surface area contributed by atoms with E-state index in [1.165, 1.54) is 6.07 Å². The van der Waals surface area contributed by atoms with Crippen molar-refractivity contribution in [2.24, 2.45) is 5.41 Å². The summed E-state index contributed by atoms with van der Waals surface area (Å²) in [5, 5.41) is 19.6. The van der Waals surface area contributed by atoms with Gasteiger partial charge in [-0.2, -0.15) is 0 Å². The summed E-state index contributed by atoms with van der Waals surface area (Å²) in [6.45, 7) is 6.17. The maximum Gasteiger partial charge on any atom is 0.293 e. The van der Waals surface area contributed by atoms with Gasteiger partial charge in [-0.25, -0.2) is 0 Å². The Labute approximate surface area is 156 Å². The Bertz CT molecular complexity index is 808. The van der Waals surface area contributed by atoms with Crippen molar-refractivity contribution >= 4 is 28.6 Å². The summed E-state index contributed by atoms with van der Waals surface area (Å²) in [7, 11) is 0. The standard InChI is InChI=1S/C19H23N3O3S/c1-19(2,3)17(16-5-4-10-26-16)21-18(23)12-6-9-14(20-13-7-8-13)15(11-12)22(24)25/h4-6,9-11,13,17,20H,7-8H2,1-3H3,(H,21,23). The molecule has 1 aliphatic rings. The van der Waals surface area contributed by atoms with Crippen LogP contribution < -0.4 is 10.6 Å². The fourth-order valence-electron chi connectivity index (χ4n) is 2.78. The Hall–Kier alpha value is -2.41. The summed E-state index contributed by atoms with van der Waals surface area (Å²) in [5.41, 5.74) is 0.524. The molecular weight excluding hydrogens is 350 g/mol. The van der Waals surface area contributed by atoms with E-state index >= 15 is 0 Å². The van der Waals surface area contributed by atoms with Crippen molar-refractivity contribution in [2.45, 2.75) is 45.7 Å². The second-order valence-corrected chi connectivity index (χ2v) is 8.67. The SMILES string of the molecule is CC(C)(C)C(NC(=O)c1ccc(NC2CC2)c([N+](=O)[O-])c1)c1cccs1. The number of nitrogens with zero attached hydrogens (tertiary/aromatic N) is 1. The smallest absolute Gasteiger partial charge is 0.293 e. The number of amides is 1. The van der Waals surface area contributed by atoms with Crippen LogP contribution in [0.1, 0.15) is 54.9 Å². The van der Waals surface area contributed by atoms with Crippen LogP contribution in [-0.2, 0) is 0 Å². The largest absolute Gasteiger partial charge is 0.377 e. The van der Waals surface area contributed by atoms with Gasteiger partial charge >= 0.3 is 0 Å². The monoisotopic (exact) mass is 373 g/mol. The van der Waals surface area contributed by atoms with Crippen molar-refractivity contribution in [2.75, 3.05) is 5.32 Å². The quantitative estimate of drug-likeness (QED) is 0.565. The van der Waals surface area contributed by atoms with E-state index in [-0.39, 0.29) is 23.1 Å². The van der Waals surface area contributed by atoms with E-state index in [0.29, 0.717) is 17.3 Å². The molecule has 2 aromatic rings. The number of nitro groups is 1. The Balaban J connectivity index is 1.84. The first kappa shape index (κ1) is 18.4. The maximum absolute atomic E-state index is 12.8. The van der Waals surface area contributed by atoms with Gasteiger partial charge in [0.1, 0.15) is 5.69 Å². The zero-order chi connectivity index (χ0) is 18.9. The number of hydrogen-bond acceptors (Lipinski definition) is 5. The fourth-order valence-corrected chi connectivity index (χ4v) is 3.80. The highest BCUT2D eigenvalue weighted by atomic mass is 32.1. The van der Waals surface area contributed by atoms with Crippen molar-refractivity contribution in [1.82, 2.24) is 5.32 Å². The number of anilines is 1. The number of thiophene rings is 1. The number of nitro benzene ring substituents is 1. The molecule has 1 amide bonds. The molecule has 3 rings (SSSR count). The van der Waals surface area contributed by atoms with Crippen molar-refractivity contribution in [1.29, 1.82) is 0 Å². The second-order valence-electron chi connectivity index (χ2n) is 7.70. The normalized spacial score (nSPS) is 15.3. The summed E-state index contributed by atoms with van der Waals surface area (Å²) in [4.78, 5) is 24.8. The van der Waals surface area contributed by atoms with E-state index in [2.05, 4.69) is 31.4 Å². The molecule has 138 valence electrons. The minimum absolute atomic E-state index is 0.0621. The van der Waals surface area contributed by atoms with Crippen LogP contribution >= 0.6 is 11.3 Å². The molecule has 1 fully saturated rings. The van der Waals surface area contributed by atoms with Crippen LogP contribution in [0.4, 0.5) is 11.4 Å². The number of benzene rings is 1. The predicted molar refractivity (Wildman–Crippen MR) is 104 cm³/mol. The third-order valence-electron chi connectivity index (χ3n) is 4.36. The molecule has 0 spiro atoms. The summed E-state index contributed by atoms with van der Waals surface area (Å²) in [6, 6.07) is 8.70. The molecule has 1 unspecified atom stereocenters. The van der Waals surface area contributed by atoms with Crippen LogP contribution in [0.5, 0.6) is 0 Å². The second kappa shape index (κ2) is 7.07. The highest BCUT2D eigenvalue weighted by Crippen LogP contribution is 2.36. The van der Waals surface area contributed by atoms with Gasteiger partial charge in [-0.1, -0.05) is 26.8 Å². The fraction of sp³-hybridized carbons (Fsp3) is 0.421. The van der Waals surface area contributed by atoms with Gasteiger partial charge < -0.3 is 10.6 Å². The third-order valence-corrected chi connectivity index (χ3v) is 5.30. The van der Waals surface area contributed by atoms with Gasteiger partial charge in [-0.15, -0.1) is 11.3 Å². The first-order chi connectivity index (χ1) is 12.3. The first-order valence-corrected chi connectivity index (χ1v) is 9.53. The van der Waals surface area contributed by atoms with Crippen LogP contribution in [0.3, 0.4) is 0 Å². The predicted octanol–water partition coefficient (Wildman–Crippen LogP) is 4.75. The van der Waals surface area contributed by atoms with Gasteiger partial charge in [-0.3, -0.25) is 14.9 Å². The molecule has 1 aromatic carbocycles. The molecule has 0 aliphatic heterocycles. The van der Waals surface area contributed by atoms with Gasteiger partial charge in [0.2, 0.25) is 0 Å².